The van der Waals surface area contributed by atoms with E-state index in [4.69, 9.17) is 11.6 Å². The number of fused-ring (bicyclic) bond motifs is 1. The molecule has 6 rings (SSSR count). The molecule has 2 aromatic heterocycles. The molecule has 2 N–H and O–H groups in total. The molecule has 0 bridgehead atoms. The number of nitrogens with zero attached hydrogens (tertiary/aromatic N) is 5. The van der Waals surface area contributed by atoms with E-state index in [0.29, 0.717) is 48.0 Å². The Balaban J connectivity index is 1.21. The first kappa shape index (κ1) is 26.5. The van der Waals surface area contributed by atoms with Gasteiger partial charge in [0.2, 0.25) is 5.91 Å². The predicted octanol–water partition coefficient (Wildman–Crippen LogP) is 2.80. The summed E-state index contributed by atoms with van der Waals surface area (Å²) in [6.45, 7) is 0.992. The lowest BCUT2D eigenvalue weighted by Crippen LogP contribution is -2.50. The number of carbonyl (C=O) groups excluding carboxylic acids is 1. The van der Waals surface area contributed by atoms with Crippen molar-refractivity contribution in [1.82, 2.24) is 24.2 Å². The molecule has 1 aliphatic heterocycles. The molecule has 0 radical (unpaired) electrons. The molecule has 11 nitrogen and oxygen atoms in total. The highest BCUT2D eigenvalue weighted by atomic mass is 35.5. The molecule has 0 unspecified atom stereocenters. The van der Waals surface area contributed by atoms with Crippen LogP contribution in [0.4, 0.5) is 5.69 Å². The van der Waals surface area contributed by atoms with Gasteiger partial charge in [-0.1, -0.05) is 17.7 Å². The minimum atomic E-state index is -3.85. The van der Waals surface area contributed by atoms with Gasteiger partial charge in [-0.15, -0.1) is 0 Å². The van der Waals surface area contributed by atoms with Crippen LogP contribution in [0.25, 0.3) is 16.7 Å². The Labute approximate surface area is 235 Å². The van der Waals surface area contributed by atoms with E-state index < -0.39 is 15.6 Å². The molecule has 40 heavy (non-hydrogen) atoms. The topological polar surface area (TPSA) is 139 Å². The number of hydrogen-bond donors (Lipinski definition) is 2. The number of nitrogens with one attached hydrogen (secondary N) is 1. The first-order chi connectivity index (χ1) is 19.1. The number of sulfonamides is 1. The number of anilines is 1. The quantitative estimate of drug-likeness (QED) is 0.341. The van der Waals surface area contributed by atoms with Gasteiger partial charge in [0, 0.05) is 24.0 Å². The van der Waals surface area contributed by atoms with Crippen molar-refractivity contribution in [2.24, 2.45) is 5.92 Å². The van der Waals surface area contributed by atoms with Gasteiger partial charge in [0.1, 0.15) is 11.7 Å². The monoisotopic (exact) mass is 582 g/mol. The van der Waals surface area contributed by atoms with Crippen LogP contribution in [-0.2, 0) is 21.4 Å². The second-order valence-electron chi connectivity index (χ2n) is 10.4. The van der Waals surface area contributed by atoms with E-state index in [-0.39, 0.29) is 34.2 Å². The molecule has 2 aromatic carbocycles. The van der Waals surface area contributed by atoms with Crippen LogP contribution < -0.4 is 10.3 Å². The molecule has 0 atom stereocenters. The number of benzene rings is 2. The van der Waals surface area contributed by atoms with Crippen molar-refractivity contribution in [1.29, 1.82) is 0 Å². The summed E-state index contributed by atoms with van der Waals surface area (Å²) in [5.74, 6) is 0.304. The summed E-state index contributed by atoms with van der Waals surface area (Å²) in [7, 11) is -3.85. The Morgan fingerprint density at radius 1 is 1.12 bits per heavy atom. The maximum absolute atomic E-state index is 13.3. The summed E-state index contributed by atoms with van der Waals surface area (Å²) in [5, 5.41) is 16.2. The third-order valence-electron chi connectivity index (χ3n) is 7.42. The molecule has 208 valence electrons. The second-order valence-corrected chi connectivity index (χ2v) is 12.5. The van der Waals surface area contributed by atoms with Crippen LogP contribution in [0.5, 0.6) is 0 Å². The third kappa shape index (κ3) is 5.21. The van der Waals surface area contributed by atoms with Crippen molar-refractivity contribution in [2.75, 3.05) is 17.8 Å². The summed E-state index contributed by atoms with van der Waals surface area (Å²) < 4.78 is 31.0. The summed E-state index contributed by atoms with van der Waals surface area (Å²) in [6.07, 6.45) is 5.44. The minimum absolute atomic E-state index is 0.0629. The molecule has 4 aromatic rings. The summed E-state index contributed by atoms with van der Waals surface area (Å²) in [4.78, 5) is 32.0. The van der Waals surface area contributed by atoms with Crippen molar-refractivity contribution in [3.63, 3.8) is 0 Å². The van der Waals surface area contributed by atoms with Crippen LogP contribution in [0.1, 0.15) is 25.7 Å². The van der Waals surface area contributed by atoms with Crippen LogP contribution in [-0.4, -0.2) is 62.4 Å². The first-order valence-corrected chi connectivity index (χ1v) is 14.8. The fraction of sp³-hybridized carbons (Fsp3) is 0.333. The summed E-state index contributed by atoms with van der Waals surface area (Å²) in [5.41, 5.74) is -0.359. The number of hydrogen-bond acceptors (Lipinski definition) is 7. The fourth-order valence-corrected chi connectivity index (χ4v) is 6.16. The van der Waals surface area contributed by atoms with Crippen molar-refractivity contribution in [2.45, 2.75) is 42.7 Å². The van der Waals surface area contributed by atoms with E-state index in [1.165, 1.54) is 46.0 Å². The Morgan fingerprint density at radius 3 is 2.55 bits per heavy atom. The number of aromatic nitrogens is 4. The van der Waals surface area contributed by atoms with Gasteiger partial charge in [-0.2, -0.15) is 5.10 Å². The van der Waals surface area contributed by atoms with Crippen LogP contribution >= 0.6 is 11.6 Å². The van der Waals surface area contributed by atoms with Gasteiger partial charge < -0.3 is 10.0 Å². The van der Waals surface area contributed by atoms with Crippen LogP contribution in [0.3, 0.4) is 0 Å². The number of rotatable bonds is 7. The predicted molar refractivity (Wildman–Crippen MR) is 149 cm³/mol. The maximum Gasteiger partial charge on any atom is 0.264 e. The van der Waals surface area contributed by atoms with Crippen molar-refractivity contribution < 1.29 is 18.3 Å². The Bertz CT molecular complexity index is 1760. The van der Waals surface area contributed by atoms with Gasteiger partial charge in [-0.05, 0) is 68.1 Å². The lowest BCUT2D eigenvalue weighted by molar-refractivity contribution is -0.137. The molecule has 1 aliphatic carbocycles. The average Bonchev–Trinajstić information content (AvgIpc) is 3.69. The molecule has 3 heterocycles. The van der Waals surface area contributed by atoms with E-state index in [2.05, 4.69) is 14.8 Å². The van der Waals surface area contributed by atoms with Gasteiger partial charge in [0.05, 0.1) is 34.6 Å². The van der Waals surface area contributed by atoms with Gasteiger partial charge in [-0.3, -0.25) is 18.9 Å². The molecular formula is C27H27ClN6O5S. The normalized spacial score (nSPS) is 17.2. The SMILES string of the molecule is O=C(C1CC1)N1CCC(O)(Cn2cnc3c(cnn3-c3cccc(NS(=O)(=O)c4ccc(Cl)cc4)c3)c2=O)CC1. The zero-order valence-corrected chi connectivity index (χ0v) is 23.0. The lowest BCUT2D eigenvalue weighted by Gasteiger charge is -2.38. The van der Waals surface area contributed by atoms with Crippen LogP contribution in [0.15, 0.2) is 70.7 Å². The number of aliphatic hydroxyl groups is 1. The smallest absolute Gasteiger partial charge is 0.264 e. The molecule has 1 amide bonds. The van der Waals surface area contributed by atoms with Crippen molar-refractivity contribution in [3.05, 3.63) is 76.4 Å². The van der Waals surface area contributed by atoms with Gasteiger partial charge in [0.25, 0.3) is 15.6 Å². The lowest BCUT2D eigenvalue weighted by atomic mass is 9.91. The van der Waals surface area contributed by atoms with Crippen LogP contribution in [0, 0.1) is 5.92 Å². The Kier molecular flexibility index (Phi) is 6.64. The highest BCUT2D eigenvalue weighted by Crippen LogP contribution is 2.33. The van der Waals surface area contributed by atoms with E-state index in [1.54, 1.807) is 24.3 Å². The average molecular weight is 583 g/mol. The standard InChI is InChI=1S/C27H27ClN6O5S/c28-19-6-8-22(9-7-19)40(38,39)31-20-2-1-3-21(14-20)34-24-23(15-30-34)26(36)33(17-29-24)16-27(37)10-12-32(13-11-27)25(35)18-4-5-18/h1-3,6-9,14-15,17-18,31,37H,4-5,10-13,16H2. The Hall–Kier alpha value is -3.74. The number of halogens is 1. The number of carbonyl (C=O) groups is 1. The molecule has 2 fully saturated rings. The number of amides is 1. The van der Waals surface area contributed by atoms with Crippen molar-refractivity contribution >= 4 is 44.3 Å². The first-order valence-electron chi connectivity index (χ1n) is 13.0. The van der Waals surface area contributed by atoms with Crippen LogP contribution in [0.2, 0.25) is 5.02 Å². The summed E-state index contributed by atoms with van der Waals surface area (Å²) >= 11 is 5.87. The molecule has 0 spiro atoms. The molecule has 1 saturated heterocycles. The van der Waals surface area contributed by atoms with E-state index in [1.807, 2.05) is 4.90 Å². The summed E-state index contributed by atoms with van der Waals surface area (Å²) in [6, 6.07) is 12.4. The third-order valence-corrected chi connectivity index (χ3v) is 9.07. The fourth-order valence-electron chi connectivity index (χ4n) is 4.99. The molecule has 13 heteroatoms. The molecule has 2 aliphatic rings. The largest absolute Gasteiger partial charge is 0.388 e. The number of likely N-dealkylation sites (tertiary alicyclic amines) is 1. The van der Waals surface area contributed by atoms with E-state index >= 15 is 0 Å². The Morgan fingerprint density at radius 2 is 1.85 bits per heavy atom. The van der Waals surface area contributed by atoms with E-state index in [0.717, 1.165) is 12.8 Å². The van der Waals surface area contributed by atoms with Crippen molar-refractivity contribution in [3.8, 4) is 5.69 Å². The highest BCUT2D eigenvalue weighted by molar-refractivity contribution is 7.92. The zero-order chi connectivity index (χ0) is 28.1. The van der Waals surface area contributed by atoms with E-state index in [9.17, 15) is 23.1 Å². The molecule has 1 saturated carbocycles. The highest BCUT2D eigenvalue weighted by Gasteiger charge is 2.39. The number of piperidine rings is 1. The minimum Gasteiger partial charge on any atom is -0.388 e. The second kappa shape index (κ2) is 10.0. The van der Waals surface area contributed by atoms with Gasteiger partial charge in [0.15, 0.2) is 5.65 Å². The van der Waals surface area contributed by atoms with Gasteiger partial charge >= 0.3 is 0 Å². The van der Waals surface area contributed by atoms with Gasteiger partial charge in [-0.25, -0.2) is 18.1 Å². The molecular weight excluding hydrogens is 556 g/mol. The zero-order valence-electron chi connectivity index (χ0n) is 21.4. The maximum atomic E-state index is 13.3.